The summed E-state index contributed by atoms with van der Waals surface area (Å²) in [5, 5.41) is 19.7. The number of nitrogens with zero attached hydrogens (tertiary/aromatic N) is 8. The van der Waals surface area contributed by atoms with Crippen LogP contribution in [0.4, 0.5) is 43.8 Å². The molecule has 0 spiro atoms. The van der Waals surface area contributed by atoms with Gasteiger partial charge < -0.3 is 15.3 Å². The Labute approximate surface area is 230 Å². The van der Waals surface area contributed by atoms with E-state index in [2.05, 4.69) is 48.8 Å². The second-order valence-electron chi connectivity index (χ2n) is 8.99. The van der Waals surface area contributed by atoms with Crippen LogP contribution in [-0.4, -0.2) is 81.2 Å². The molecule has 2 N–H and O–H groups in total. The lowest BCUT2D eigenvalue weighted by atomic mass is 10.1. The number of aliphatic hydroxyl groups excluding tert-OH is 1. The molecule has 41 heavy (non-hydrogen) atoms. The number of pyridine rings is 1. The molecule has 1 saturated heterocycles. The molecule has 0 atom stereocenters. The van der Waals surface area contributed by atoms with E-state index < -0.39 is 29.2 Å². The van der Waals surface area contributed by atoms with Gasteiger partial charge in [0.25, 0.3) is 0 Å². The summed E-state index contributed by atoms with van der Waals surface area (Å²) in [6, 6.07) is 2.82. The fourth-order valence-electron chi connectivity index (χ4n) is 4.17. The number of anilines is 2. The molecule has 0 bridgehead atoms. The highest BCUT2D eigenvalue weighted by molar-refractivity contribution is 5.78. The highest BCUT2D eigenvalue weighted by atomic mass is 19.4. The molecule has 0 unspecified atom stereocenters. The van der Waals surface area contributed by atoms with E-state index in [4.69, 9.17) is 0 Å². The molecule has 4 rings (SSSR count). The van der Waals surface area contributed by atoms with Crippen LogP contribution in [0.25, 0.3) is 17.1 Å². The van der Waals surface area contributed by atoms with Crippen molar-refractivity contribution in [2.75, 3.05) is 49.5 Å². The zero-order chi connectivity index (χ0) is 29.8. The Balaban J connectivity index is 1.60. The van der Waals surface area contributed by atoms with Crippen molar-refractivity contribution in [3.63, 3.8) is 0 Å². The molecule has 0 aliphatic carbocycles. The Hall–Kier alpha value is -4.18. The van der Waals surface area contributed by atoms with Crippen LogP contribution in [0.2, 0.25) is 0 Å². The first kappa shape index (κ1) is 29.8. The van der Waals surface area contributed by atoms with Gasteiger partial charge in [-0.15, -0.1) is 10.2 Å². The van der Waals surface area contributed by atoms with Crippen molar-refractivity contribution in [2.45, 2.75) is 18.8 Å². The van der Waals surface area contributed by atoms with Gasteiger partial charge in [-0.05, 0) is 37.9 Å². The molecule has 0 saturated carbocycles. The zero-order valence-electron chi connectivity index (χ0n) is 21.5. The third-order valence-electron chi connectivity index (χ3n) is 6.22. The largest absolute Gasteiger partial charge is 0.418 e. The van der Waals surface area contributed by atoms with Gasteiger partial charge in [-0.3, -0.25) is 4.90 Å². The Kier molecular flexibility index (Phi) is 8.82. The van der Waals surface area contributed by atoms with Crippen LogP contribution in [0.1, 0.15) is 23.2 Å². The normalized spacial score (nSPS) is 15.0. The van der Waals surface area contributed by atoms with Crippen molar-refractivity contribution in [1.29, 1.82) is 0 Å². The number of hydrogen-bond donors (Lipinski definition) is 2. The number of rotatable bonds is 8. The lowest BCUT2D eigenvalue weighted by molar-refractivity contribution is -0.138. The number of aromatic nitrogens is 5. The summed E-state index contributed by atoms with van der Waals surface area (Å²) in [6.07, 6.45) is -7.01. The topological polar surface area (TPSA) is 116 Å². The van der Waals surface area contributed by atoms with Crippen LogP contribution < -0.4 is 10.2 Å². The van der Waals surface area contributed by atoms with Crippen molar-refractivity contribution in [2.24, 2.45) is 4.99 Å². The number of aliphatic imine (C=N–C) groups is 1. The Bertz CT molecular complexity index is 1400. The third kappa shape index (κ3) is 7.13. The summed E-state index contributed by atoms with van der Waals surface area (Å²) < 4.78 is 80.8. The first-order chi connectivity index (χ1) is 19.4. The summed E-state index contributed by atoms with van der Waals surface area (Å²) in [5.41, 5.74) is -2.84. The number of hydrogen-bond acceptors (Lipinski definition) is 10. The van der Waals surface area contributed by atoms with E-state index in [-0.39, 0.29) is 41.1 Å². The molecular weight excluding hydrogens is 556 g/mol. The first-order valence-electron chi connectivity index (χ1n) is 12.3. The Morgan fingerprint density at radius 3 is 2.41 bits per heavy atom. The Morgan fingerprint density at radius 2 is 1.78 bits per heavy atom. The van der Waals surface area contributed by atoms with Gasteiger partial charge in [0.1, 0.15) is 22.9 Å². The number of nitrogens with one attached hydrogen (secondary N) is 1. The maximum absolute atomic E-state index is 14.2. The van der Waals surface area contributed by atoms with Gasteiger partial charge in [0.2, 0.25) is 0 Å². The van der Waals surface area contributed by atoms with Crippen LogP contribution >= 0.6 is 0 Å². The predicted octanol–water partition coefficient (Wildman–Crippen LogP) is 4.29. The molecule has 3 aromatic rings. The van der Waals surface area contributed by atoms with E-state index in [9.17, 15) is 31.4 Å². The minimum absolute atomic E-state index is 0.0105. The minimum atomic E-state index is -4.80. The van der Waals surface area contributed by atoms with E-state index in [1.54, 1.807) is 4.90 Å². The molecule has 0 aromatic carbocycles. The Morgan fingerprint density at radius 1 is 1.00 bits per heavy atom. The fraction of sp³-hybridized carbons (Fsp3) is 0.360. The van der Waals surface area contributed by atoms with Gasteiger partial charge in [-0.1, -0.05) is 6.58 Å². The van der Waals surface area contributed by atoms with Crippen molar-refractivity contribution in [3.8, 4) is 11.4 Å². The molecule has 10 nitrogen and oxygen atoms in total. The smallest absolute Gasteiger partial charge is 0.395 e. The summed E-state index contributed by atoms with van der Waals surface area (Å²) in [5.74, 6) is -0.125. The first-order valence-corrected chi connectivity index (χ1v) is 12.3. The predicted molar refractivity (Wildman–Crippen MR) is 140 cm³/mol. The van der Waals surface area contributed by atoms with E-state index in [1.807, 2.05) is 4.90 Å². The van der Waals surface area contributed by atoms with E-state index in [1.165, 1.54) is 0 Å². The molecule has 0 amide bonds. The van der Waals surface area contributed by atoms with E-state index in [0.717, 1.165) is 24.4 Å². The van der Waals surface area contributed by atoms with Crippen LogP contribution in [0.5, 0.6) is 0 Å². The highest BCUT2D eigenvalue weighted by Gasteiger charge is 2.37. The number of β-amino-alcohol motifs (C(OH)–C–C–N with tert-alkyl or cyclic N) is 1. The van der Waals surface area contributed by atoms with Crippen molar-refractivity contribution in [3.05, 3.63) is 54.0 Å². The maximum Gasteiger partial charge on any atom is 0.418 e. The molecule has 1 aliphatic rings. The van der Waals surface area contributed by atoms with Gasteiger partial charge in [0.05, 0.1) is 29.6 Å². The van der Waals surface area contributed by atoms with Gasteiger partial charge in [-0.2, -0.15) is 26.3 Å². The van der Waals surface area contributed by atoms with Gasteiger partial charge in [-0.25, -0.2) is 19.9 Å². The second-order valence-corrected chi connectivity index (χ2v) is 8.99. The summed E-state index contributed by atoms with van der Waals surface area (Å²) in [4.78, 5) is 19.4. The van der Waals surface area contributed by atoms with Crippen molar-refractivity contribution in [1.82, 2.24) is 30.0 Å². The molecule has 3 aromatic heterocycles. The zero-order valence-corrected chi connectivity index (χ0v) is 21.5. The number of alkyl halides is 6. The molecule has 218 valence electrons. The van der Waals surface area contributed by atoms with Crippen LogP contribution in [0.15, 0.2) is 42.2 Å². The lowest BCUT2D eigenvalue weighted by Gasteiger charge is -2.23. The summed E-state index contributed by atoms with van der Waals surface area (Å²) in [7, 11) is 0. The molecule has 1 aliphatic heterocycles. The fourth-order valence-corrected chi connectivity index (χ4v) is 4.17. The molecule has 16 heteroatoms. The van der Waals surface area contributed by atoms with E-state index >= 15 is 0 Å². The maximum atomic E-state index is 14.2. The SMILES string of the molecule is C=Nc1nc(-c2nnc(N3CCCN(CCO)CC3)cc2C(F)(F)F)cnc1C(=C)Nc1ccc(C(F)(F)F)cn1. The van der Waals surface area contributed by atoms with Gasteiger partial charge in [0, 0.05) is 32.4 Å². The molecule has 4 heterocycles. The highest BCUT2D eigenvalue weighted by Crippen LogP contribution is 2.38. The average molecular weight is 582 g/mol. The van der Waals surface area contributed by atoms with Crippen LogP contribution in [0, 0.1) is 0 Å². The second kappa shape index (κ2) is 12.1. The monoisotopic (exact) mass is 581 g/mol. The van der Waals surface area contributed by atoms with Crippen molar-refractivity contribution < 1.29 is 31.4 Å². The average Bonchev–Trinajstić information content (AvgIpc) is 3.17. The van der Waals surface area contributed by atoms with Gasteiger partial charge >= 0.3 is 12.4 Å². The van der Waals surface area contributed by atoms with Gasteiger partial charge in [0.15, 0.2) is 11.6 Å². The standard InChI is InChI=1S/C25H25F6N9O/c1-15(35-19-5-4-16(13-33-19)24(26,27)28)21-23(32-2)36-18(14-34-21)22-17(25(29,30)31)12-20(37-38-22)40-7-3-6-39(8-9-40)10-11-41/h4-5,12-14,41H,1-3,6-11H2,(H,33,35). The quantitative estimate of drug-likeness (QED) is 0.297. The molecular formula is C25H25F6N9O. The van der Waals surface area contributed by atoms with Crippen LogP contribution in [-0.2, 0) is 12.4 Å². The summed E-state index contributed by atoms with van der Waals surface area (Å²) >= 11 is 0. The summed E-state index contributed by atoms with van der Waals surface area (Å²) in [6.45, 7) is 9.72. The molecule has 0 radical (unpaired) electrons. The van der Waals surface area contributed by atoms with Crippen molar-refractivity contribution >= 4 is 29.9 Å². The number of halogens is 6. The van der Waals surface area contributed by atoms with Crippen LogP contribution in [0.3, 0.4) is 0 Å². The minimum Gasteiger partial charge on any atom is -0.395 e. The third-order valence-corrected chi connectivity index (χ3v) is 6.22. The number of aliphatic hydroxyl groups is 1. The lowest BCUT2D eigenvalue weighted by Crippen LogP contribution is -2.33. The molecule has 1 fully saturated rings. The van der Waals surface area contributed by atoms with E-state index in [0.29, 0.717) is 45.3 Å².